The number of ketones is 1. The normalized spacial score (nSPS) is 16.5. The fraction of sp³-hybridized carbons (Fsp3) is 0.364. The molecular formula is C22H29NO8S. The molecule has 176 valence electrons. The Morgan fingerprint density at radius 1 is 1.12 bits per heavy atom. The molecule has 0 saturated carbocycles. The number of sulfonamides is 1. The van der Waals surface area contributed by atoms with Crippen molar-refractivity contribution in [2.45, 2.75) is 32.1 Å². The van der Waals surface area contributed by atoms with Gasteiger partial charge in [-0.3, -0.25) is 4.79 Å². The molecule has 10 heteroatoms. The van der Waals surface area contributed by atoms with Crippen LogP contribution in [0.3, 0.4) is 0 Å². The summed E-state index contributed by atoms with van der Waals surface area (Å²) in [7, 11) is -3.28. The molecule has 0 atom stereocenters. The van der Waals surface area contributed by atoms with Crippen LogP contribution >= 0.6 is 0 Å². The van der Waals surface area contributed by atoms with Gasteiger partial charge in [0.05, 0.1) is 12.9 Å². The Hall–Kier alpha value is -2.97. The number of allylic oxidation sites excluding steroid dienone is 2. The number of carbonyl (C=O) groups excluding carboxylic acids is 2. The van der Waals surface area contributed by atoms with Crippen molar-refractivity contribution in [3.05, 3.63) is 47.1 Å². The summed E-state index contributed by atoms with van der Waals surface area (Å²) >= 11 is 0. The minimum absolute atomic E-state index is 0. The van der Waals surface area contributed by atoms with E-state index in [1.54, 1.807) is 18.2 Å². The van der Waals surface area contributed by atoms with Gasteiger partial charge in [-0.15, -0.1) is 0 Å². The van der Waals surface area contributed by atoms with Gasteiger partial charge >= 0.3 is 5.97 Å². The highest BCUT2D eigenvalue weighted by molar-refractivity contribution is 7.88. The van der Waals surface area contributed by atoms with E-state index in [4.69, 9.17) is 4.74 Å². The average molecular weight is 468 g/mol. The smallest absolute Gasteiger partial charge is 0.342 e. The second-order valence-corrected chi connectivity index (χ2v) is 8.56. The molecular weight excluding hydrogens is 438 g/mol. The van der Waals surface area contributed by atoms with Gasteiger partial charge in [0.2, 0.25) is 10.0 Å². The lowest BCUT2D eigenvalue weighted by atomic mass is 9.98. The lowest BCUT2D eigenvalue weighted by Crippen LogP contribution is -2.22. The van der Waals surface area contributed by atoms with Gasteiger partial charge in [-0.25, -0.2) is 17.9 Å². The predicted octanol–water partition coefficient (Wildman–Crippen LogP) is 0.903. The van der Waals surface area contributed by atoms with Gasteiger partial charge in [0, 0.05) is 30.5 Å². The quantitative estimate of drug-likeness (QED) is 0.379. The number of phenolic OH excluding ortho intramolecular Hbond substituents is 1. The maximum atomic E-state index is 12.6. The second kappa shape index (κ2) is 14.2. The summed E-state index contributed by atoms with van der Waals surface area (Å²) in [5.41, 5.74) is 0.977. The standard InChI is InChI=1S/C22H25NO6S.2H2O/c1-30(27,28)23-15-7-5-9-17-13-14-20(25)21-19(17)12-4-2-3-10-18(24)11-6-8-16-29-22(21)26;;/h4,6,11-14,23,25H,2-3,7-8,10,15-16H2,1H3;2*1H2/b11-6-,12-4+;;. The molecule has 1 heterocycles. The molecule has 0 saturated heterocycles. The molecule has 0 spiro atoms. The first-order valence-electron chi connectivity index (χ1n) is 9.60. The van der Waals surface area contributed by atoms with Gasteiger partial charge in [0.1, 0.15) is 11.3 Å². The highest BCUT2D eigenvalue weighted by Gasteiger charge is 2.19. The summed E-state index contributed by atoms with van der Waals surface area (Å²) in [6, 6.07) is 2.98. The molecule has 0 radical (unpaired) electrons. The highest BCUT2D eigenvalue weighted by atomic mass is 32.2. The third-order valence-corrected chi connectivity index (χ3v) is 4.89. The molecule has 9 nitrogen and oxygen atoms in total. The molecule has 1 aromatic rings. The molecule has 2 rings (SSSR count). The maximum absolute atomic E-state index is 12.6. The largest absolute Gasteiger partial charge is 0.507 e. The SMILES string of the molecule is CS(=O)(=O)NCCC#Cc1ccc(O)c2c1/C=C/CCCC(=O)/C=C\CCOC2=O.O.O. The Morgan fingerprint density at radius 3 is 2.56 bits per heavy atom. The number of nitrogens with one attached hydrogen (secondary N) is 1. The molecule has 32 heavy (non-hydrogen) atoms. The third-order valence-electron chi connectivity index (χ3n) is 4.16. The van der Waals surface area contributed by atoms with Crippen molar-refractivity contribution in [2.75, 3.05) is 19.4 Å². The number of carbonyl (C=O) groups is 2. The molecule has 0 bridgehead atoms. The fourth-order valence-electron chi connectivity index (χ4n) is 2.75. The lowest BCUT2D eigenvalue weighted by Gasteiger charge is -2.11. The molecule has 0 amide bonds. The summed E-state index contributed by atoms with van der Waals surface area (Å²) in [5.74, 6) is 4.94. The van der Waals surface area contributed by atoms with E-state index in [9.17, 15) is 23.1 Å². The van der Waals surface area contributed by atoms with E-state index >= 15 is 0 Å². The fourth-order valence-corrected chi connectivity index (χ4v) is 3.22. The zero-order valence-electron chi connectivity index (χ0n) is 17.8. The number of hydrogen-bond acceptors (Lipinski definition) is 6. The molecule has 0 aromatic heterocycles. The van der Waals surface area contributed by atoms with Crippen molar-refractivity contribution in [1.82, 2.24) is 4.72 Å². The first-order chi connectivity index (χ1) is 14.3. The van der Waals surface area contributed by atoms with Crippen LogP contribution in [0, 0.1) is 11.8 Å². The van der Waals surface area contributed by atoms with Crippen molar-refractivity contribution in [1.29, 1.82) is 0 Å². The molecule has 0 fully saturated rings. The van der Waals surface area contributed by atoms with E-state index < -0.39 is 16.0 Å². The van der Waals surface area contributed by atoms with E-state index in [0.717, 1.165) is 6.26 Å². The minimum atomic E-state index is -3.28. The van der Waals surface area contributed by atoms with Crippen LogP contribution in [-0.2, 0) is 19.6 Å². The topological polar surface area (TPSA) is 173 Å². The number of cyclic esters (lactones) is 1. The Morgan fingerprint density at radius 2 is 1.84 bits per heavy atom. The number of fused-ring (bicyclic) bond motifs is 1. The van der Waals surface area contributed by atoms with Gasteiger partial charge in [-0.05, 0) is 37.5 Å². The molecule has 1 aliphatic heterocycles. The Bertz CT molecular complexity index is 1020. The summed E-state index contributed by atoms with van der Waals surface area (Å²) in [5, 5.41) is 10.3. The van der Waals surface area contributed by atoms with Gasteiger partial charge in [-0.1, -0.05) is 30.1 Å². The van der Waals surface area contributed by atoms with Gasteiger partial charge in [0.15, 0.2) is 5.78 Å². The first kappa shape index (κ1) is 29.0. The molecule has 6 N–H and O–H groups in total. The van der Waals surface area contributed by atoms with Crippen LogP contribution in [0.25, 0.3) is 6.08 Å². The zero-order chi connectivity index (χ0) is 22.0. The summed E-state index contributed by atoms with van der Waals surface area (Å²) in [6.07, 6.45) is 10.2. The van der Waals surface area contributed by atoms with Gasteiger partial charge < -0.3 is 20.8 Å². The molecule has 0 aliphatic carbocycles. The highest BCUT2D eigenvalue weighted by Crippen LogP contribution is 2.27. The monoisotopic (exact) mass is 467 g/mol. The van der Waals surface area contributed by atoms with Crippen molar-refractivity contribution in [3.63, 3.8) is 0 Å². The van der Waals surface area contributed by atoms with E-state index in [-0.39, 0.29) is 47.6 Å². The van der Waals surface area contributed by atoms with Crippen LogP contribution in [0.15, 0.2) is 30.4 Å². The van der Waals surface area contributed by atoms with Crippen LogP contribution in [0.2, 0.25) is 0 Å². The lowest BCUT2D eigenvalue weighted by molar-refractivity contribution is -0.114. The molecule has 0 unspecified atom stereocenters. The predicted molar refractivity (Wildman–Crippen MR) is 122 cm³/mol. The molecule has 1 aromatic carbocycles. The van der Waals surface area contributed by atoms with Crippen LogP contribution in [-0.4, -0.2) is 55.6 Å². The Kier molecular flexibility index (Phi) is 12.8. The third kappa shape index (κ3) is 9.89. The summed E-state index contributed by atoms with van der Waals surface area (Å²) < 4.78 is 29.8. The van der Waals surface area contributed by atoms with Crippen LogP contribution in [0.1, 0.15) is 53.6 Å². The number of rotatable bonds is 3. The number of esters is 1. The van der Waals surface area contributed by atoms with Crippen LogP contribution in [0.4, 0.5) is 0 Å². The average Bonchev–Trinajstić information content (AvgIpc) is 2.67. The van der Waals surface area contributed by atoms with Crippen molar-refractivity contribution in [2.24, 2.45) is 0 Å². The van der Waals surface area contributed by atoms with Crippen molar-refractivity contribution < 1.29 is 38.8 Å². The minimum Gasteiger partial charge on any atom is -0.507 e. The van der Waals surface area contributed by atoms with Gasteiger partial charge in [0.25, 0.3) is 0 Å². The Balaban J connectivity index is 0.00000480. The van der Waals surface area contributed by atoms with Crippen LogP contribution in [0.5, 0.6) is 5.75 Å². The maximum Gasteiger partial charge on any atom is 0.342 e. The Labute approximate surface area is 187 Å². The van der Waals surface area contributed by atoms with E-state index in [2.05, 4.69) is 16.6 Å². The molecule has 1 aliphatic rings. The number of phenols is 1. The first-order valence-corrected chi connectivity index (χ1v) is 11.5. The zero-order valence-corrected chi connectivity index (χ0v) is 18.6. The number of benzene rings is 1. The number of ether oxygens (including phenoxy) is 1. The van der Waals surface area contributed by atoms with E-state index in [1.165, 1.54) is 12.1 Å². The van der Waals surface area contributed by atoms with Crippen molar-refractivity contribution in [3.8, 4) is 17.6 Å². The van der Waals surface area contributed by atoms with Crippen LogP contribution < -0.4 is 4.72 Å². The summed E-state index contributed by atoms with van der Waals surface area (Å²) in [6.45, 7) is 0.254. The van der Waals surface area contributed by atoms with E-state index in [1.807, 2.05) is 6.08 Å². The van der Waals surface area contributed by atoms with E-state index in [0.29, 0.717) is 36.8 Å². The number of hydrogen-bond donors (Lipinski definition) is 2. The van der Waals surface area contributed by atoms with Gasteiger partial charge in [-0.2, -0.15) is 0 Å². The van der Waals surface area contributed by atoms with Crippen molar-refractivity contribution >= 4 is 27.9 Å². The second-order valence-electron chi connectivity index (χ2n) is 6.73. The number of aromatic hydroxyl groups is 1. The summed E-state index contributed by atoms with van der Waals surface area (Å²) in [4.78, 5) is 24.3.